The minimum Gasteiger partial charge on any atom is -0.394 e. The summed E-state index contributed by atoms with van der Waals surface area (Å²) >= 11 is 0. The second kappa shape index (κ2) is 7.91. The lowest BCUT2D eigenvalue weighted by Crippen LogP contribution is -2.40. The summed E-state index contributed by atoms with van der Waals surface area (Å²) in [6.45, 7) is 3.43. The van der Waals surface area contributed by atoms with E-state index in [1.807, 2.05) is 13.8 Å². The summed E-state index contributed by atoms with van der Waals surface area (Å²) in [6, 6.07) is -0.789. The summed E-state index contributed by atoms with van der Waals surface area (Å²) in [7, 11) is 0. The van der Waals surface area contributed by atoms with Crippen molar-refractivity contribution >= 4 is 11.6 Å². The number of carbonyl (C=O) groups excluding carboxylic acids is 1. The zero-order chi connectivity index (χ0) is 18.7. The Morgan fingerprint density at radius 1 is 1.52 bits per heavy atom. The molecule has 6 N–H and O–H groups in total. The van der Waals surface area contributed by atoms with Crippen LogP contribution in [0.1, 0.15) is 32.9 Å². The van der Waals surface area contributed by atoms with Crippen LogP contribution in [0.2, 0.25) is 0 Å². The van der Waals surface area contributed by atoms with E-state index in [0.29, 0.717) is 6.42 Å². The summed E-state index contributed by atoms with van der Waals surface area (Å²) in [5.41, 5.74) is 4.13. The largest absolute Gasteiger partial charge is 0.394 e. The van der Waals surface area contributed by atoms with Crippen LogP contribution in [-0.4, -0.2) is 50.5 Å². The van der Waals surface area contributed by atoms with Gasteiger partial charge in [-0.1, -0.05) is 13.8 Å². The number of anilines is 1. The number of rotatable bonds is 6. The van der Waals surface area contributed by atoms with Crippen LogP contribution in [0.5, 0.6) is 0 Å². The van der Waals surface area contributed by atoms with Gasteiger partial charge in [0.15, 0.2) is 0 Å². The van der Waals surface area contributed by atoms with Gasteiger partial charge >= 0.3 is 5.69 Å². The van der Waals surface area contributed by atoms with Crippen LogP contribution in [0.4, 0.5) is 5.69 Å². The SMILES string of the molecule is CC(C)C[C@H](N)C(=O)Nc1cn([C@H]2C[C@H](O)[C@@H](CO)O2)c(=O)[nH]c1=O. The molecular formula is C15H24N4O6. The quantitative estimate of drug-likeness (QED) is 0.414. The molecule has 10 nitrogen and oxygen atoms in total. The Bertz CT molecular complexity index is 727. The van der Waals surface area contributed by atoms with Gasteiger partial charge in [0.1, 0.15) is 18.0 Å². The average Bonchev–Trinajstić information content (AvgIpc) is 2.89. The third-order valence-corrected chi connectivity index (χ3v) is 3.98. The minimum absolute atomic E-state index is 0.0669. The zero-order valence-corrected chi connectivity index (χ0v) is 14.1. The second-order valence-electron chi connectivity index (χ2n) is 6.55. The number of nitrogens with zero attached hydrogens (tertiary/aromatic N) is 1. The van der Waals surface area contributed by atoms with E-state index in [1.54, 1.807) is 0 Å². The van der Waals surface area contributed by atoms with Crippen LogP contribution in [0.3, 0.4) is 0 Å². The highest BCUT2D eigenvalue weighted by molar-refractivity contribution is 5.94. The standard InChI is InChI=1S/C15H24N4O6/c1-7(2)3-8(16)13(22)17-9-5-19(15(24)18-14(9)23)12-4-10(21)11(6-20)25-12/h5,7-8,10-12,20-21H,3-4,6,16H2,1-2H3,(H,17,22)(H,18,23,24)/t8-,10-,11+,12+/m0/s1. The van der Waals surface area contributed by atoms with Crippen molar-refractivity contribution in [2.75, 3.05) is 11.9 Å². The van der Waals surface area contributed by atoms with E-state index in [1.165, 1.54) is 0 Å². The average molecular weight is 356 g/mol. The van der Waals surface area contributed by atoms with Gasteiger partial charge in [0.05, 0.1) is 18.8 Å². The second-order valence-corrected chi connectivity index (χ2v) is 6.55. The highest BCUT2D eigenvalue weighted by atomic mass is 16.5. The summed E-state index contributed by atoms with van der Waals surface area (Å²) in [5.74, 6) is -0.332. The van der Waals surface area contributed by atoms with Crippen molar-refractivity contribution in [1.82, 2.24) is 9.55 Å². The highest BCUT2D eigenvalue weighted by Gasteiger charge is 2.35. The molecule has 25 heavy (non-hydrogen) atoms. The Morgan fingerprint density at radius 2 is 2.20 bits per heavy atom. The number of ether oxygens (including phenoxy) is 1. The molecule has 0 unspecified atom stereocenters. The molecule has 1 aromatic heterocycles. The molecule has 1 fully saturated rings. The Morgan fingerprint density at radius 3 is 2.76 bits per heavy atom. The lowest BCUT2D eigenvalue weighted by atomic mass is 10.0. The van der Waals surface area contributed by atoms with E-state index in [2.05, 4.69) is 10.3 Å². The van der Waals surface area contributed by atoms with Gasteiger partial charge in [-0.3, -0.25) is 19.1 Å². The first-order chi connectivity index (χ1) is 11.7. The maximum absolute atomic E-state index is 12.1. The number of H-pyrrole nitrogens is 1. The molecule has 0 bridgehead atoms. The Hall–Kier alpha value is -2.01. The number of aromatic amines is 1. The van der Waals surface area contributed by atoms with Gasteiger partial charge in [0.2, 0.25) is 5.91 Å². The van der Waals surface area contributed by atoms with Crippen LogP contribution < -0.4 is 22.3 Å². The summed E-state index contributed by atoms with van der Waals surface area (Å²) in [6.07, 6.45) is -0.959. The van der Waals surface area contributed by atoms with Crippen molar-refractivity contribution in [3.63, 3.8) is 0 Å². The third kappa shape index (κ3) is 4.54. The maximum atomic E-state index is 12.1. The number of hydrogen-bond acceptors (Lipinski definition) is 7. The molecule has 0 spiro atoms. The van der Waals surface area contributed by atoms with Gasteiger partial charge < -0.3 is 26.0 Å². The number of hydrogen-bond donors (Lipinski definition) is 5. The fourth-order valence-corrected chi connectivity index (χ4v) is 2.68. The number of nitrogens with two attached hydrogens (primary N) is 1. The van der Waals surface area contributed by atoms with Gasteiger partial charge in [-0.15, -0.1) is 0 Å². The number of aliphatic hydroxyl groups is 2. The first kappa shape index (κ1) is 19.3. The van der Waals surface area contributed by atoms with Gasteiger partial charge in [0, 0.05) is 12.6 Å². The molecule has 0 saturated carbocycles. The van der Waals surface area contributed by atoms with E-state index in [0.717, 1.165) is 10.8 Å². The predicted octanol–water partition coefficient (Wildman–Crippen LogP) is -1.51. The van der Waals surface area contributed by atoms with E-state index in [-0.39, 0.29) is 18.0 Å². The number of aromatic nitrogens is 2. The van der Waals surface area contributed by atoms with Gasteiger partial charge in [0.25, 0.3) is 5.56 Å². The molecule has 2 heterocycles. The summed E-state index contributed by atoms with van der Waals surface area (Å²) in [4.78, 5) is 38.1. The topological polar surface area (TPSA) is 160 Å². The normalized spacial score (nSPS) is 24.5. The monoisotopic (exact) mass is 356 g/mol. The predicted molar refractivity (Wildman–Crippen MR) is 89.0 cm³/mol. The van der Waals surface area contributed by atoms with Crippen molar-refractivity contribution < 1.29 is 19.7 Å². The fraction of sp³-hybridized carbons (Fsp3) is 0.667. The fourth-order valence-electron chi connectivity index (χ4n) is 2.68. The number of aliphatic hydroxyl groups excluding tert-OH is 2. The molecule has 1 saturated heterocycles. The lowest BCUT2D eigenvalue weighted by molar-refractivity contribution is -0.117. The molecule has 0 radical (unpaired) electrons. The number of nitrogens with one attached hydrogen (secondary N) is 2. The van der Waals surface area contributed by atoms with E-state index < -0.39 is 48.2 Å². The van der Waals surface area contributed by atoms with Crippen LogP contribution in [0.15, 0.2) is 15.8 Å². The Balaban J connectivity index is 2.22. The number of amides is 1. The number of carbonyl (C=O) groups is 1. The smallest absolute Gasteiger partial charge is 0.330 e. The first-order valence-corrected chi connectivity index (χ1v) is 8.09. The molecule has 0 aromatic carbocycles. The Labute approximate surface area is 143 Å². The third-order valence-electron chi connectivity index (χ3n) is 3.98. The molecular weight excluding hydrogens is 332 g/mol. The van der Waals surface area contributed by atoms with Crippen molar-refractivity contribution in [2.45, 2.75) is 51.2 Å². The molecule has 0 aliphatic carbocycles. The Kier molecular flexibility index (Phi) is 6.11. The van der Waals surface area contributed by atoms with E-state index in [4.69, 9.17) is 15.6 Å². The molecule has 2 rings (SSSR count). The molecule has 1 aromatic rings. The molecule has 1 aliphatic heterocycles. The van der Waals surface area contributed by atoms with Crippen molar-refractivity contribution in [3.8, 4) is 0 Å². The highest BCUT2D eigenvalue weighted by Crippen LogP contribution is 2.27. The van der Waals surface area contributed by atoms with Crippen LogP contribution in [-0.2, 0) is 9.53 Å². The minimum atomic E-state index is -0.939. The molecule has 1 amide bonds. The van der Waals surface area contributed by atoms with E-state index in [9.17, 15) is 19.5 Å². The van der Waals surface area contributed by atoms with E-state index >= 15 is 0 Å². The van der Waals surface area contributed by atoms with Crippen LogP contribution in [0.25, 0.3) is 0 Å². The first-order valence-electron chi connectivity index (χ1n) is 8.09. The lowest BCUT2D eigenvalue weighted by Gasteiger charge is -2.17. The van der Waals surface area contributed by atoms with Crippen molar-refractivity contribution in [1.29, 1.82) is 0 Å². The van der Waals surface area contributed by atoms with Gasteiger partial charge in [-0.05, 0) is 12.3 Å². The van der Waals surface area contributed by atoms with Crippen LogP contribution >= 0.6 is 0 Å². The zero-order valence-electron chi connectivity index (χ0n) is 14.1. The van der Waals surface area contributed by atoms with Crippen LogP contribution in [0, 0.1) is 5.92 Å². The van der Waals surface area contributed by atoms with Gasteiger partial charge in [-0.25, -0.2) is 4.79 Å². The molecule has 10 heteroatoms. The van der Waals surface area contributed by atoms with Crippen molar-refractivity contribution in [2.24, 2.45) is 11.7 Å². The summed E-state index contributed by atoms with van der Waals surface area (Å²) in [5, 5.41) is 21.3. The molecule has 1 aliphatic rings. The molecule has 4 atom stereocenters. The molecule has 140 valence electrons. The van der Waals surface area contributed by atoms with Gasteiger partial charge in [-0.2, -0.15) is 0 Å². The van der Waals surface area contributed by atoms with Crippen molar-refractivity contribution in [3.05, 3.63) is 27.0 Å². The maximum Gasteiger partial charge on any atom is 0.330 e. The summed E-state index contributed by atoms with van der Waals surface area (Å²) < 4.78 is 6.45.